The van der Waals surface area contributed by atoms with E-state index < -0.39 is 0 Å². The van der Waals surface area contributed by atoms with Gasteiger partial charge in [0, 0.05) is 11.5 Å². The Labute approximate surface area is 114 Å². The molecule has 1 nitrogen and oxygen atoms in total. The van der Waals surface area contributed by atoms with E-state index in [4.69, 9.17) is 0 Å². The lowest BCUT2D eigenvalue weighted by molar-refractivity contribution is 0.0946. The van der Waals surface area contributed by atoms with Gasteiger partial charge in [-0.15, -0.1) is 0 Å². The van der Waals surface area contributed by atoms with Gasteiger partial charge >= 0.3 is 0 Å². The first-order valence-electron chi connectivity index (χ1n) is 6.86. The van der Waals surface area contributed by atoms with Gasteiger partial charge in [-0.25, -0.2) is 0 Å². The predicted octanol–water partition coefficient (Wildman–Crippen LogP) is 4.22. The van der Waals surface area contributed by atoms with Gasteiger partial charge in [-0.05, 0) is 43.4 Å². The first-order chi connectivity index (χ1) is 9.16. The summed E-state index contributed by atoms with van der Waals surface area (Å²) < 4.78 is 0. The quantitative estimate of drug-likeness (QED) is 0.740. The average Bonchev–Trinajstić information content (AvgIpc) is 2.41. The van der Waals surface area contributed by atoms with Crippen LogP contribution in [0.4, 0.5) is 0 Å². The Balaban J connectivity index is 2.02. The summed E-state index contributed by atoms with van der Waals surface area (Å²) >= 11 is 0. The number of benzene rings is 2. The maximum absolute atomic E-state index is 12.7. The Morgan fingerprint density at radius 1 is 1.05 bits per heavy atom. The van der Waals surface area contributed by atoms with Gasteiger partial charge in [0.15, 0.2) is 5.78 Å². The van der Waals surface area contributed by atoms with Gasteiger partial charge in [-0.1, -0.05) is 48.0 Å². The first kappa shape index (κ1) is 12.2. The molecule has 19 heavy (non-hydrogen) atoms. The molecule has 1 unspecified atom stereocenters. The number of aryl methyl sites for hydroxylation is 3. The number of carbonyl (C=O) groups excluding carboxylic acids is 1. The van der Waals surface area contributed by atoms with Crippen molar-refractivity contribution in [3.05, 3.63) is 70.3 Å². The number of ketones is 1. The summed E-state index contributed by atoms with van der Waals surface area (Å²) in [5, 5.41) is 0. The molecule has 96 valence electrons. The minimum absolute atomic E-state index is 0.0375. The molecule has 0 N–H and O–H groups in total. The van der Waals surface area contributed by atoms with Gasteiger partial charge in [0.25, 0.3) is 0 Å². The number of Topliss-reactive ketones (excluding diaryl/α,β-unsaturated/α-hetero) is 1. The van der Waals surface area contributed by atoms with Crippen molar-refractivity contribution in [1.82, 2.24) is 0 Å². The van der Waals surface area contributed by atoms with E-state index in [0.29, 0.717) is 0 Å². The summed E-state index contributed by atoms with van der Waals surface area (Å²) in [6.07, 6.45) is 1.93. The zero-order valence-electron chi connectivity index (χ0n) is 11.4. The van der Waals surface area contributed by atoms with Gasteiger partial charge in [-0.3, -0.25) is 4.79 Å². The van der Waals surface area contributed by atoms with E-state index in [2.05, 4.69) is 38.1 Å². The van der Waals surface area contributed by atoms with Gasteiger partial charge in [-0.2, -0.15) is 0 Å². The van der Waals surface area contributed by atoms with Crippen molar-refractivity contribution in [2.75, 3.05) is 0 Å². The van der Waals surface area contributed by atoms with Crippen LogP contribution in [0.15, 0.2) is 42.5 Å². The van der Waals surface area contributed by atoms with Gasteiger partial charge in [0.05, 0.1) is 0 Å². The average molecular weight is 250 g/mol. The van der Waals surface area contributed by atoms with E-state index in [1.807, 2.05) is 18.2 Å². The van der Waals surface area contributed by atoms with Crippen LogP contribution >= 0.6 is 0 Å². The fourth-order valence-corrected chi connectivity index (χ4v) is 3.11. The molecule has 0 amide bonds. The minimum atomic E-state index is 0.0375. The van der Waals surface area contributed by atoms with E-state index in [0.717, 1.165) is 18.4 Å². The van der Waals surface area contributed by atoms with Gasteiger partial charge in [0.1, 0.15) is 0 Å². The van der Waals surface area contributed by atoms with E-state index in [-0.39, 0.29) is 11.7 Å². The van der Waals surface area contributed by atoms with E-state index >= 15 is 0 Å². The highest BCUT2D eigenvalue weighted by molar-refractivity contribution is 6.03. The van der Waals surface area contributed by atoms with Crippen molar-refractivity contribution in [3.8, 4) is 0 Å². The predicted molar refractivity (Wildman–Crippen MR) is 77.8 cm³/mol. The van der Waals surface area contributed by atoms with Gasteiger partial charge < -0.3 is 0 Å². The van der Waals surface area contributed by atoms with E-state index in [1.165, 1.54) is 22.3 Å². The number of hydrogen-bond acceptors (Lipinski definition) is 1. The lowest BCUT2D eigenvalue weighted by Gasteiger charge is -2.25. The Bertz CT molecular complexity index is 640. The molecule has 2 aromatic carbocycles. The lowest BCUT2D eigenvalue weighted by Crippen LogP contribution is -2.21. The van der Waals surface area contributed by atoms with Crippen molar-refractivity contribution in [3.63, 3.8) is 0 Å². The lowest BCUT2D eigenvalue weighted by atomic mass is 9.78. The Morgan fingerprint density at radius 2 is 1.84 bits per heavy atom. The Kier molecular flexibility index (Phi) is 2.98. The molecule has 1 atom stereocenters. The molecule has 0 aromatic heterocycles. The highest BCUT2D eigenvalue weighted by Crippen LogP contribution is 2.34. The van der Waals surface area contributed by atoms with Crippen molar-refractivity contribution in [2.24, 2.45) is 0 Å². The molecule has 1 aliphatic carbocycles. The zero-order valence-corrected chi connectivity index (χ0v) is 11.4. The third-order valence-corrected chi connectivity index (χ3v) is 4.10. The molecule has 0 spiro atoms. The molecule has 0 saturated heterocycles. The van der Waals surface area contributed by atoms with Crippen LogP contribution in [0.2, 0.25) is 0 Å². The second kappa shape index (κ2) is 4.65. The second-order valence-corrected chi connectivity index (χ2v) is 5.47. The fraction of sp³-hybridized carbons (Fsp3) is 0.278. The second-order valence-electron chi connectivity index (χ2n) is 5.47. The number of hydrogen-bond donors (Lipinski definition) is 0. The summed E-state index contributed by atoms with van der Waals surface area (Å²) in [7, 11) is 0. The van der Waals surface area contributed by atoms with Crippen molar-refractivity contribution >= 4 is 5.78 Å². The van der Waals surface area contributed by atoms with Crippen LogP contribution in [0.3, 0.4) is 0 Å². The maximum Gasteiger partial charge on any atom is 0.170 e. The summed E-state index contributed by atoms with van der Waals surface area (Å²) in [5.74, 6) is 0.323. The highest BCUT2D eigenvalue weighted by Gasteiger charge is 2.28. The smallest absolute Gasteiger partial charge is 0.170 e. The molecule has 0 aliphatic heterocycles. The van der Waals surface area contributed by atoms with Crippen LogP contribution in [0.1, 0.15) is 45.0 Å². The number of carbonyl (C=O) groups is 1. The fourth-order valence-electron chi connectivity index (χ4n) is 3.11. The summed E-state index contributed by atoms with van der Waals surface area (Å²) in [6.45, 7) is 4.20. The normalized spacial score (nSPS) is 18.2. The molecular weight excluding hydrogens is 232 g/mol. The SMILES string of the molecule is Cc1ccc(C2CCc3ccccc3C2=O)c(C)c1. The first-order valence-corrected chi connectivity index (χ1v) is 6.86. The van der Waals surface area contributed by atoms with Crippen LogP contribution in [0.5, 0.6) is 0 Å². The zero-order chi connectivity index (χ0) is 13.4. The molecule has 2 aromatic rings. The van der Waals surface area contributed by atoms with Crippen LogP contribution in [-0.4, -0.2) is 5.78 Å². The Morgan fingerprint density at radius 3 is 2.63 bits per heavy atom. The van der Waals surface area contributed by atoms with Crippen LogP contribution < -0.4 is 0 Å². The molecule has 0 saturated carbocycles. The van der Waals surface area contributed by atoms with E-state index in [9.17, 15) is 4.79 Å². The van der Waals surface area contributed by atoms with Crippen LogP contribution in [0.25, 0.3) is 0 Å². The largest absolute Gasteiger partial charge is 0.293 e. The summed E-state index contributed by atoms with van der Waals surface area (Å²) in [5.41, 5.74) is 5.81. The molecule has 1 heteroatoms. The van der Waals surface area contributed by atoms with Crippen LogP contribution in [-0.2, 0) is 6.42 Å². The molecule has 3 rings (SSSR count). The van der Waals surface area contributed by atoms with E-state index in [1.54, 1.807) is 0 Å². The molecule has 0 fully saturated rings. The van der Waals surface area contributed by atoms with Gasteiger partial charge in [0.2, 0.25) is 0 Å². The monoisotopic (exact) mass is 250 g/mol. The Hall–Kier alpha value is -1.89. The molecule has 1 aliphatic rings. The van der Waals surface area contributed by atoms with Crippen molar-refractivity contribution in [2.45, 2.75) is 32.6 Å². The molecule has 0 bridgehead atoms. The van der Waals surface area contributed by atoms with Crippen LogP contribution in [0, 0.1) is 13.8 Å². The third kappa shape index (κ3) is 2.10. The summed E-state index contributed by atoms with van der Waals surface area (Å²) in [6, 6.07) is 14.4. The highest BCUT2D eigenvalue weighted by atomic mass is 16.1. The number of fused-ring (bicyclic) bond motifs is 1. The maximum atomic E-state index is 12.7. The van der Waals surface area contributed by atoms with Crippen molar-refractivity contribution in [1.29, 1.82) is 0 Å². The topological polar surface area (TPSA) is 17.1 Å². The molecular formula is C18H18O. The standard InChI is InChI=1S/C18H18O/c1-12-7-9-15(13(2)11-12)17-10-8-14-5-3-4-6-16(14)18(17)19/h3-7,9,11,17H,8,10H2,1-2H3. The molecule has 0 heterocycles. The molecule has 0 radical (unpaired) electrons. The third-order valence-electron chi connectivity index (χ3n) is 4.10. The van der Waals surface area contributed by atoms with Crippen molar-refractivity contribution < 1.29 is 4.79 Å². The summed E-state index contributed by atoms with van der Waals surface area (Å²) in [4.78, 5) is 12.7. The minimum Gasteiger partial charge on any atom is -0.293 e. The number of rotatable bonds is 1.